The Balaban J connectivity index is 1.41. The highest BCUT2D eigenvalue weighted by Gasteiger charge is 2.31. The van der Waals surface area contributed by atoms with Crippen molar-refractivity contribution in [2.45, 2.75) is 30.0 Å². The number of benzene rings is 2. The van der Waals surface area contributed by atoms with E-state index in [-0.39, 0.29) is 5.75 Å². The van der Waals surface area contributed by atoms with Crippen LogP contribution in [0.2, 0.25) is 0 Å². The number of H-pyrrole nitrogens is 1. The molecule has 0 saturated heterocycles. The van der Waals surface area contributed by atoms with Crippen LogP contribution in [0.3, 0.4) is 0 Å². The van der Waals surface area contributed by atoms with Crippen molar-refractivity contribution in [1.82, 2.24) is 29.7 Å². The minimum Gasteiger partial charge on any atom is -0.343 e. The lowest BCUT2D eigenvalue weighted by Gasteiger charge is -2.23. The van der Waals surface area contributed by atoms with E-state index < -0.39 is 9.84 Å². The van der Waals surface area contributed by atoms with Gasteiger partial charge in [0.25, 0.3) is 0 Å². The van der Waals surface area contributed by atoms with Crippen LogP contribution in [0.25, 0.3) is 28.0 Å². The van der Waals surface area contributed by atoms with Gasteiger partial charge in [-0.2, -0.15) is 0 Å². The molecule has 9 heteroatoms. The molecular weight excluding hydrogens is 460 g/mol. The number of hydrogen-bond donors (Lipinski definition) is 1. The second-order valence-corrected chi connectivity index (χ2v) is 10.9. The number of aromatic amines is 1. The Labute approximate surface area is 201 Å². The first kappa shape index (κ1) is 20.3. The molecule has 0 radical (unpaired) electrons. The first-order valence-electron chi connectivity index (χ1n) is 11.4. The summed E-state index contributed by atoms with van der Waals surface area (Å²) in [5, 5.41) is 9.04. The van der Waals surface area contributed by atoms with Gasteiger partial charge in [0.05, 0.1) is 34.3 Å². The van der Waals surface area contributed by atoms with Gasteiger partial charge >= 0.3 is 0 Å². The zero-order valence-corrected chi connectivity index (χ0v) is 19.5. The molecule has 7 rings (SSSR count). The third-order valence-electron chi connectivity index (χ3n) is 6.89. The molecule has 2 aliphatic heterocycles. The van der Waals surface area contributed by atoms with Crippen LogP contribution in [-0.4, -0.2) is 38.1 Å². The highest BCUT2D eigenvalue weighted by molar-refractivity contribution is 7.90. The Hall–Kier alpha value is -4.11. The third kappa shape index (κ3) is 3.08. The predicted molar refractivity (Wildman–Crippen MR) is 131 cm³/mol. The molecule has 35 heavy (non-hydrogen) atoms. The van der Waals surface area contributed by atoms with E-state index in [4.69, 9.17) is 0 Å². The van der Waals surface area contributed by atoms with E-state index in [1.807, 2.05) is 36.4 Å². The van der Waals surface area contributed by atoms with Crippen LogP contribution in [0.5, 0.6) is 0 Å². The lowest BCUT2D eigenvalue weighted by atomic mass is 9.87. The van der Waals surface area contributed by atoms with Gasteiger partial charge in [-0.1, -0.05) is 48.0 Å². The summed E-state index contributed by atoms with van der Waals surface area (Å²) in [7, 11) is -3.46. The fourth-order valence-electron chi connectivity index (χ4n) is 5.31. The maximum Gasteiger partial charge on any atom is 0.183 e. The number of imidazole rings is 1. The van der Waals surface area contributed by atoms with E-state index in [9.17, 15) is 8.42 Å². The summed E-state index contributed by atoms with van der Waals surface area (Å²) in [4.78, 5) is 12.3. The average molecular weight is 481 g/mol. The molecule has 0 aliphatic carbocycles. The topological polar surface area (TPSA) is 106 Å². The van der Waals surface area contributed by atoms with Gasteiger partial charge in [-0.15, -0.1) is 10.2 Å². The smallest absolute Gasteiger partial charge is 0.183 e. The van der Waals surface area contributed by atoms with E-state index in [2.05, 4.69) is 29.7 Å². The van der Waals surface area contributed by atoms with Gasteiger partial charge in [0.1, 0.15) is 11.3 Å². The Kier molecular flexibility index (Phi) is 4.31. The number of pyridine rings is 1. The number of fused-ring (bicyclic) bond motifs is 4. The maximum atomic E-state index is 13.3. The summed E-state index contributed by atoms with van der Waals surface area (Å²) in [6.07, 6.45) is 6.53. The van der Waals surface area contributed by atoms with Crippen molar-refractivity contribution in [2.24, 2.45) is 0 Å². The second-order valence-electron chi connectivity index (χ2n) is 8.89. The molecular formula is C26H20N6O2S. The summed E-state index contributed by atoms with van der Waals surface area (Å²) in [6.45, 7) is 0.689. The molecule has 0 atom stereocenters. The predicted octanol–water partition coefficient (Wildman–Crippen LogP) is 3.95. The van der Waals surface area contributed by atoms with Crippen molar-refractivity contribution >= 4 is 26.4 Å². The van der Waals surface area contributed by atoms with Crippen molar-refractivity contribution < 1.29 is 8.42 Å². The fraction of sp³-hybridized carbons (Fsp3) is 0.154. The Morgan fingerprint density at radius 1 is 0.914 bits per heavy atom. The van der Waals surface area contributed by atoms with Crippen molar-refractivity contribution in [1.29, 1.82) is 0 Å². The van der Waals surface area contributed by atoms with E-state index in [0.29, 0.717) is 17.9 Å². The summed E-state index contributed by atoms with van der Waals surface area (Å²) in [6, 6.07) is 15.2. The van der Waals surface area contributed by atoms with Crippen LogP contribution in [0.15, 0.2) is 77.7 Å². The quantitative estimate of drug-likeness (QED) is 0.389. The van der Waals surface area contributed by atoms with Gasteiger partial charge in [0, 0.05) is 24.7 Å². The highest BCUT2D eigenvalue weighted by atomic mass is 32.2. The van der Waals surface area contributed by atoms with Gasteiger partial charge in [0.15, 0.2) is 15.7 Å². The molecule has 0 bridgehead atoms. The molecule has 2 aliphatic rings. The normalized spacial score (nSPS) is 18.5. The fourth-order valence-corrected chi connectivity index (χ4v) is 6.92. The lowest BCUT2D eigenvalue weighted by Crippen LogP contribution is -2.16. The molecule has 0 spiro atoms. The van der Waals surface area contributed by atoms with Crippen molar-refractivity contribution in [3.8, 4) is 11.4 Å². The molecule has 3 aromatic heterocycles. The SMILES string of the molecule is O=S1(=O)Cc2ccccc2/C(=C2/CCn3c(nnc3-c3cncc4[nH]cnc34)C2)c2ccccc21. The minimum absolute atomic E-state index is 0.00202. The summed E-state index contributed by atoms with van der Waals surface area (Å²) >= 11 is 0. The monoisotopic (exact) mass is 480 g/mol. The molecule has 5 aromatic rings. The molecule has 1 N–H and O–H groups in total. The molecule has 5 heterocycles. The van der Waals surface area contributed by atoms with Gasteiger partial charge < -0.3 is 9.55 Å². The highest BCUT2D eigenvalue weighted by Crippen LogP contribution is 2.41. The molecule has 0 saturated carbocycles. The van der Waals surface area contributed by atoms with E-state index in [0.717, 1.165) is 56.9 Å². The molecule has 2 aromatic carbocycles. The summed E-state index contributed by atoms with van der Waals surface area (Å²) < 4.78 is 28.7. The second kappa shape index (κ2) is 7.44. The number of hydrogen-bond acceptors (Lipinski definition) is 6. The number of nitrogens with zero attached hydrogens (tertiary/aromatic N) is 5. The molecule has 0 amide bonds. The number of rotatable bonds is 1. The molecule has 0 unspecified atom stereocenters. The first-order valence-corrected chi connectivity index (χ1v) is 13.1. The maximum absolute atomic E-state index is 13.3. The van der Waals surface area contributed by atoms with Crippen molar-refractivity contribution in [3.63, 3.8) is 0 Å². The van der Waals surface area contributed by atoms with E-state index in [1.165, 1.54) is 5.57 Å². The minimum atomic E-state index is -3.46. The summed E-state index contributed by atoms with van der Waals surface area (Å²) in [5.74, 6) is 1.60. The molecule has 8 nitrogen and oxygen atoms in total. The van der Waals surface area contributed by atoms with Crippen LogP contribution in [-0.2, 0) is 28.6 Å². The van der Waals surface area contributed by atoms with Crippen LogP contribution in [0, 0.1) is 0 Å². The zero-order chi connectivity index (χ0) is 23.6. The Bertz CT molecular complexity index is 1780. The first-order chi connectivity index (χ1) is 17.1. The largest absolute Gasteiger partial charge is 0.343 e. The van der Waals surface area contributed by atoms with Crippen LogP contribution < -0.4 is 0 Å². The van der Waals surface area contributed by atoms with Crippen LogP contribution in [0.1, 0.15) is 28.9 Å². The number of aromatic nitrogens is 6. The van der Waals surface area contributed by atoms with E-state index >= 15 is 0 Å². The zero-order valence-electron chi connectivity index (χ0n) is 18.6. The lowest BCUT2D eigenvalue weighted by molar-refractivity contribution is 0.595. The van der Waals surface area contributed by atoms with E-state index in [1.54, 1.807) is 30.9 Å². The third-order valence-corrected chi connectivity index (χ3v) is 8.60. The standard InChI is InChI=1S/C26H20N6O2S/c33-35(34)14-17-5-1-2-6-18(17)24(19-7-3-4-8-22(19)35)16-9-10-32-23(11-16)30-31-26(32)20-12-27-13-21-25(20)29-15-28-21/h1-8,12-13,15H,9-11,14H2,(H,28,29)/b24-16+. The number of allylic oxidation sites excluding steroid dienone is 1. The van der Waals surface area contributed by atoms with Gasteiger partial charge in [-0.3, -0.25) is 4.98 Å². The van der Waals surface area contributed by atoms with Crippen LogP contribution >= 0.6 is 0 Å². The average Bonchev–Trinajstić information content (AvgIpc) is 3.50. The number of sulfone groups is 1. The number of nitrogens with one attached hydrogen (secondary N) is 1. The van der Waals surface area contributed by atoms with Gasteiger partial charge in [0.2, 0.25) is 0 Å². The van der Waals surface area contributed by atoms with Crippen molar-refractivity contribution in [2.75, 3.05) is 0 Å². The van der Waals surface area contributed by atoms with Crippen LogP contribution in [0.4, 0.5) is 0 Å². The van der Waals surface area contributed by atoms with Gasteiger partial charge in [-0.25, -0.2) is 13.4 Å². The van der Waals surface area contributed by atoms with Crippen molar-refractivity contribution in [3.05, 3.63) is 95.3 Å². The Morgan fingerprint density at radius 3 is 2.66 bits per heavy atom. The molecule has 172 valence electrons. The Morgan fingerprint density at radius 2 is 1.74 bits per heavy atom. The van der Waals surface area contributed by atoms with Gasteiger partial charge in [-0.05, 0) is 29.2 Å². The summed E-state index contributed by atoms with van der Waals surface area (Å²) in [5.41, 5.74) is 7.27. The molecule has 0 fully saturated rings.